The molecule has 0 atom stereocenters. The number of rotatable bonds is 5. The molecule has 104 valence electrons. The molecule has 0 fully saturated rings. The van der Waals surface area contributed by atoms with E-state index in [1.165, 1.54) is 0 Å². The predicted octanol–water partition coefficient (Wildman–Crippen LogP) is 3.49. The van der Waals surface area contributed by atoms with Gasteiger partial charge in [-0.2, -0.15) is 0 Å². The largest absolute Gasteiger partial charge is 0.487 e. The topological polar surface area (TPSA) is 48.4 Å². The Morgan fingerprint density at radius 2 is 2.15 bits per heavy atom. The van der Waals surface area contributed by atoms with Crippen molar-refractivity contribution < 1.29 is 14.3 Å². The number of hydrogen-bond donors (Lipinski definition) is 0. The van der Waals surface area contributed by atoms with Crippen molar-refractivity contribution >= 4 is 17.6 Å². The molecule has 20 heavy (non-hydrogen) atoms. The van der Waals surface area contributed by atoms with Crippen LogP contribution in [0.25, 0.3) is 0 Å². The van der Waals surface area contributed by atoms with Crippen molar-refractivity contribution in [1.82, 2.24) is 4.98 Å². The Kier molecular flexibility index (Phi) is 4.96. The maximum atomic E-state index is 11.8. The van der Waals surface area contributed by atoms with E-state index in [0.29, 0.717) is 28.6 Å². The average molecular weight is 292 g/mol. The smallest absolute Gasteiger partial charge is 0.340 e. The van der Waals surface area contributed by atoms with Crippen molar-refractivity contribution in [2.24, 2.45) is 0 Å². The number of aromatic nitrogens is 1. The summed E-state index contributed by atoms with van der Waals surface area (Å²) < 4.78 is 10.6. The third-order valence-corrected chi connectivity index (χ3v) is 2.79. The number of esters is 1. The highest BCUT2D eigenvalue weighted by atomic mass is 35.5. The molecule has 2 rings (SSSR count). The Balaban J connectivity index is 2.11. The summed E-state index contributed by atoms with van der Waals surface area (Å²) in [5.74, 6) is 0.225. The molecule has 0 unspecified atom stereocenters. The van der Waals surface area contributed by atoms with Crippen LogP contribution in [0.5, 0.6) is 5.75 Å². The molecule has 1 aromatic carbocycles. The van der Waals surface area contributed by atoms with Crippen LogP contribution in [0.4, 0.5) is 0 Å². The van der Waals surface area contributed by atoms with Gasteiger partial charge in [0.15, 0.2) is 0 Å². The zero-order valence-electron chi connectivity index (χ0n) is 11.0. The molecule has 0 aliphatic rings. The van der Waals surface area contributed by atoms with Gasteiger partial charge >= 0.3 is 5.97 Å². The minimum atomic E-state index is -0.398. The molecule has 0 amide bonds. The van der Waals surface area contributed by atoms with Crippen LogP contribution >= 0.6 is 11.6 Å². The van der Waals surface area contributed by atoms with Crippen LogP contribution in [0.2, 0.25) is 5.02 Å². The standard InChI is InChI=1S/C15H14ClNO3/c1-2-19-15(18)13-7-4-8-17-14(13)10-20-12-6-3-5-11(16)9-12/h3-9H,2,10H2,1H3. The van der Waals surface area contributed by atoms with Gasteiger partial charge in [-0.25, -0.2) is 4.79 Å². The lowest BCUT2D eigenvalue weighted by Crippen LogP contribution is -2.11. The average Bonchev–Trinajstić information content (AvgIpc) is 2.46. The monoisotopic (exact) mass is 291 g/mol. The van der Waals surface area contributed by atoms with Gasteiger partial charge in [-0.05, 0) is 37.3 Å². The van der Waals surface area contributed by atoms with Crippen LogP contribution in [-0.4, -0.2) is 17.6 Å². The van der Waals surface area contributed by atoms with E-state index in [9.17, 15) is 4.79 Å². The van der Waals surface area contributed by atoms with Gasteiger partial charge in [-0.3, -0.25) is 4.98 Å². The second-order valence-electron chi connectivity index (χ2n) is 3.96. The first-order chi connectivity index (χ1) is 9.70. The summed E-state index contributed by atoms with van der Waals surface area (Å²) in [4.78, 5) is 16.0. The Bertz CT molecular complexity index is 601. The molecule has 2 aromatic rings. The van der Waals surface area contributed by atoms with Gasteiger partial charge in [0.2, 0.25) is 0 Å². The lowest BCUT2D eigenvalue weighted by Gasteiger charge is -2.09. The Labute approximate surface area is 122 Å². The first-order valence-corrected chi connectivity index (χ1v) is 6.58. The Morgan fingerprint density at radius 1 is 1.30 bits per heavy atom. The molecule has 5 heteroatoms. The summed E-state index contributed by atoms with van der Waals surface area (Å²) in [6, 6.07) is 10.4. The maximum Gasteiger partial charge on any atom is 0.340 e. The van der Waals surface area contributed by atoms with E-state index in [0.717, 1.165) is 0 Å². The zero-order valence-corrected chi connectivity index (χ0v) is 11.8. The van der Waals surface area contributed by atoms with Crippen molar-refractivity contribution in [3.8, 4) is 5.75 Å². The van der Waals surface area contributed by atoms with Crippen LogP contribution < -0.4 is 4.74 Å². The van der Waals surface area contributed by atoms with Gasteiger partial charge in [0.05, 0.1) is 17.9 Å². The summed E-state index contributed by atoms with van der Waals surface area (Å²) in [6.07, 6.45) is 1.61. The minimum Gasteiger partial charge on any atom is -0.487 e. The SMILES string of the molecule is CCOC(=O)c1cccnc1COc1cccc(Cl)c1. The van der Waals surface area contributed by atoms with Gasteiger partial charge in [0.1, 0.15) is 12.4 Å². The zero-order chi connectivity index (χ0) is 14.4. The van der Waals surface area contributed by atoms with E-state index >= 15 is 0 Å². The van der Waals surface area contributed by atoms with Crippen molar-refractivity contribution in [2.45, 2.75) is 13.5 Å². The van der Waals surface area contributed by atoms with Crippen molar-refractivity contribution in [2.75, 3.05) is 6.61 Å². The van der Waals surface area contributed by atoms with E-state index in [-0.39, 0.29) is 6.61 Å². The number of hydrogen-bond acceptors (Lipinski definition) is 4. The first-order valence-electron chi connectivity index (χ1n) is 6.20. The molecule has 0 N–H and O–H groups in total. The van der Waals surface area contributed by atoms with Crippen LogP contribution in [0.1, 0.15) is 23.0 Å². The highest BCUT2D eigenvalue weighted by Crippen LogP contribution is 2.19. The second-order valence-corrected chi connectivity index (χ2v) is 4.40. The number of benzene rings is 1. The number of carbonyl (C=O) groups excluding carboxylic acids is 1. The highest BCUT2D eigenvalue weighted by molar-refractivity contribution is 6.30. The number of nitrogens with zero attached hydrogens (tertiary/aromatic N) is 1. The van der Waals surface area contributed by atoms with E-state index < -0.39 is 5.97 Å². The predicted molar refractivity (Wildman–Crippen MR) is 76.0 cm³/mol. The molecular formula is C15H14ClNO3. The second kappa shape index (κ2) is 6.91. The van der Waals surface area contributed by atoms with Crippen LogP contribution in [0.15, 0.2) is 42.6 Å². The third kappa shape index (κ3) is 3.71. The number of pyridine rings is 1. The number of carbonyl (C=O) groups is 1. The van der Waals surface area contributed by atoms with Crippen molar-refractivity contribution in [3.05, 3.63) is 58.9 Å². The summed E-state index contributed by atoms with van der Waals surface area (Å²) >= 11 is 5.88. The highest BCUT2D eigenvalue weighted by Gasteiger charge is 2.13. The molecule has 0 saturated carbocycles. The molecule has 1 aromatic heterocycles. The fourth-order valence-electron chi connectivity index (χ4n) is 1.66. The molecule has 4 nitrogen and oxygen atoms in total. The van der Waals surface area contributed by atoms with Crippen molar-refractivity contribution in [1.29, 1.82) is 0 Å². The van der Waals surface area contributed by atoms with Crippen LogP contribution in [0, 0.1) is 0 Å². The summed E-state index contributed by atoms with van der Waals surface area (Å²) in [7, 11) is 0. The number of ether oxygens (including phenoxy) is 2. The fraction of sp³-hybridized carbons (Fsp3) is 0.200. The summed E-state index contributed by atoms with van der Waals surface area (Å²) in [5, 5.41) is 0.592. The maximum absolute atomic E-state index is 11.8. The van der Waals surface area contributed by atoms with Gasteiger partial charge in [-0.1, -0.05) is 17.7 Å². The summed E-state index contributed by atoms with van der Waals surface area (Å²) in [6.45, 7) is 2.26. The van der Waals surface area contributed by atoms with Gasteiger partial charge in [-0.15, -0.1) is 0 Å². The van der Waals surface area contributed by atoms with E-state index in [1.807, 2.05) is 0 Å². The lowest BCUT2D eigenvalue weighted by atomic mass is 10.2. The van der Waals surface area contributed by atoms with Crippen LogP contribution in [0.3, 0.4) is 0 Å². The van der Waals surface area contributed by atoms with E-state index in [4.69, 9.17) is 21.1 Å². The van der Waals surface area contributed by atoms with E-state index in [1.54, 1.807) is 49.5 Å². The normalized spacial score (nSPS) is 10.1. The van der Waals surface area contributed by atoms with Gasteiger partial charge in [0.25, 0.3) is 0 Å². The fourth-order valence-corrected chi connectivity index (χ4v) is 1.84. The Hall–Kier alpha value is -2.07. The molecule has 0 radical (unpaired) electrons. The number of halogens is 1. The summed E-state index contributed by atoms with van der Waals surface area (Å²) in [5.41, 5.74) is 0.947. The third-order valence-electron chi connectivity index (χ3n) is 2.56. The van der Waals surface area contributed by atoms with E-state index in [2.05, 4.69) is 4.98 Å². The molecule has 0 aliphatic heterocycles. The van der Waals surface area contributed by atoms with Crippen LogP contribution in [-0.2, 0) is 11.3 Å². The molecular weight excluding hydrogens is 278 g/mol. The quantitative estimate of drug-likeness (QED) is 0.791. The van der Waals surface area contributed by atoms with Gasteiger partial charge in [0, 0.05) is 11.2 Å². The molecule has 0 spiro atoms. The van der Waals surface area contributed by atoms with Crippen molar-refractivity contribution in [3.63, 3.8) is 0 Å². The lowest BCUT2D eigenvalue weighted by molar-refractivity contribution is 0.0522. The first kappa shape index (κ1) is 14.3. The van der Waals surface area contributed by atoms with Gasteiger partial charge < -0.3 is 9.47 Å². The molecule has 0 saturated heterocycles. The molecule has 0 bridgehead atoms. The minimum absolute atomic E-state index is 0.176. The Morgan fingerprint density at radius 3 is 2.90 bits per heavy atom. The molecule has 0 aliphatic carbocycles. The molecule has 1 heterocycles.